The molecule has 0 aliphatic heterocycles. The van der Waals surface area contributed by atoms with Crippen molar-refractivity contribution in [3.8, 4) is 0 Å². The van der Waals surface area contributed by atoms with Crippen molar-refractivity contribution < 1.29 is 19.0 Å². The average molecular weight is 134 g/mol. The number of carbonyl (C=O) groups is 1. The predicted octanol–water partition coefficient (Wildman–Crippen LogP) is -0.222. The van der Waals surface area contributed by atoms with Crippen LogP contribution < -0.4 is 0 Å². The lowest BCUT2D eigenvalue weighted by atomic mass is 10.7. The molecule has 0 saturated heterocycles. The van der Waals surface area contributed by atoms with Gasteiger partial charge in [-0.3, -0.25) is 4.79 Å². The quantitative estimate of drug-likeness (QED) is 0.385. The van der Waals surface area contributed by atoms with Crippen LogP contribution in [0.15, 0.2) is 0 Å². The van der Waals surface area contributed by atoms with E-state index in [1.807, 2.05) is 0 Å². The number of hydrogen-bond donors (Lipinski definition) is 0. The van der Waals surface area contributed by atoms with Crippen LogP contribution in [-0.2, 0) is 19.0 Å². The second-order valence-corrected chi connectivity index (χ2v) is 1.33. The molecule has 4 nitrogen and oxygen atoms in total. The zero-order chi connectivity index (χ0) is 7.11. The van der Waals surface area contributed by atoms with Crippen LogP contribution >= 0.6 is 0 Å². The van der Waals surface area contributed by atoms with Crippen molar-refractivity contribution in [2.75, 3.05) is 20.8 Å². The molecule has 0 fully saturated rings. The molecule has 0 aromatic carbocycles. The van der Waals surface area contributed by atoms with Gasteiger partial charge in [-0.1, -0.05) is 0 Å². The van der Waals surface area contributed by atoms with E-state index in [1.54, 1.807) is 0 Å². The summed E-state index contributed by atoms with van der Waals surface area (Å²) in [5.41, 5.74) is 0. The zero-order valence-corrected chi connectivity index (χ0v) is 5.49. The molecule has 0 aliphatic rings. The minimum atomic E-state index is -0.449. The topological polar surface area (TPSA) is 44.8 Å². The van der Waals surface area contributed by atoms with Gasteiger partial charge in [0.05, 0.1) is 0 Å². The van der Waals surface area contributed by atoms with E-state index in [0.29, 0.717) is 6.47 Å². The molecule has 0 saturated carbocycles. The summed E-state index contributed by atoms with van der Waals surface area (Å²) >= 11 is 0. The molecule has 0 spiro atoms. The van der Waals surface area contributed by atoms with Gasteiger partial charge in [0.2, 0.25) is 0 Å². The van der Waals surface area contributed by atoms with Crippen LogP contribution in [0.3, 0.4) is 0 Å². The van der Waals surface area contributed by atoms with Gasteiger partial charge in [0.15, 0.2) is 6.29 Å². The second-order valence-electron chi connectivity index (χ2n) is 1.33. The highest BCUT2D eigenvalue weighted by Crippen LogP contribution is 1.88. The Morgan fingerprint density at radius 2 is 2.00 bits per heavy atom. The molecule has 0 atom stereocenters. The summed E-state index contributed by atoms with van der Waals surface area (Å²) in [6, 6.07) is 0. The van der Waals surface area contributed by atoms with Gasteiger partial charge in [-0.2, -0.15) is 0 Å². The maximum atomic E-state index is 9.61. The monoisotopic (exact) mass is 134 g/mol. The van der Waals surface area contributed by atoms with E-state index in [9.17, 15) is 4.79 Å². The van der Waals surface area contributed by atoms with Crippen LogP contribution in [0.2, 0.25) is 0 Å². The lowest BCUT2D eigenvalue weighted by molar-refractivity contribution is -0.155. The molecule has 0 aromatic heterocycles. The highest BCUT2D eigenvalue weighted by Gasteiger charge is 2.02. The molecule has 0 unspecified atom stereocenters. The first-order valence-corrected chi connectivity index (χ1v) is 2.46. The van der Waals surface area contributed by atoms with Crippen molar-refractivity contribution in [1.29, 1.82) is 0 Å². The highest BCUT2D eigenvalue weighted by molar-refractivity contribution is 5.36. The van der Waals surface area contributed by atoms with Gasteiger partial charge < -0.3 is 14.2 Å². The van der Waals surface area contributed by atoms with Gasteiger partial charge in [-0.15, -0.1) is 0 Å². The van der Waals surface area contributed by atoms with Crippen molar-refractivity contribution in [2.45, 2.75) is 6.29 Å². The smallest absolute Gasteiger partial charge is 0.293 e. The molecule has 0 aliphatic carbocycles. The third-order valence-electron chi connectivity index (χ3n) is 0.826. The maximum absolute atomic E-state index is 9.61. The number of methoxy groups -OCH3 is 2. The van der Waals surface area contributed by atoms with E-state index in [-0.39, 0.29) is 6.61 Å². The Bertz CT molecular complexity index is 69.4. The summed E-state index contributed by atoms with van der Waals surface area (Å²) in [5, 5.41) is 0. The molecule has 0 N–H and O–H groups in total. The van der Waals surface area contributed by atoms with Crippen molar-refractivity contribution in [2.24, 2.45) is 0 Å². The van der Waals surface area contributed by atoms with E-state index in [4.69, 9.17) is 9.47 Å². The third kappa shape index (κ3) is 3.93. The lowest BCUT2D eigenvalue weighted by Crippen LogP contribution is -2.19. The molecule has 0 rings (SSSR count). The Balaban J connectivity index is 3.19. The largest absolute Gasteiger partial charge is 0.462 e. The number of rotatable bonds is 5. The molecular formula is C5H10O4. The second kappa shape index (κ2) is 5.53. The minimum Gasteiger partial charge on any atom is -0.462 e. The van der Waals surface area contributed by atoms with Crippen LogP contribution in [0.4, 0.5) is 0 Å². The van der Waals surface area contributed by atoms with Gasteiger partial charge in [0, 0.05) is 14.2 Å². The fraction of sp³-hybridized carbons (Fsp3) is 0.800. The first-order chi connectivity index (χ1) is 4.35. The number of ether oxygens (including phenoxy) is 3. The fourth-order valence-corrected chi connectivity index (χ4v) is 0.350. The normalized spacial score (nSPS) is 9.67. The van der Waals surface area contributed by atoms with Crippen molar-refractivity contribution in [1.82, 2.24) is 0 Å². The zero-order valence-electron chi connectivity index (χ0n) is 5.49. The van der Waals surface area contributed by atoms with Crippen LogP contribution in [0.25, 0.3) is 0 Å². The summed E-state index contributed by atoms with van der Waals surface area (Å²) in [5.74, 6) is 0. The first kappa shape index (κ1) is 8.39. The molecule has 0 aromatic rings. The number of hydrogen-bond acceptors (Lipinski definition) is 4. The van der Waals surface area contributed by atoms with Crippen molar-refractivity contribution >= 4 is 6.47 Å². The maximum Gasteiger partial charge on any atom is 0.293 e. The summed E-state index contributed by atoms with van der Waals surface area (Å²) in [6.07, 6.45) is -0.449. The van der Waals surface area contributed by atoms with Crippen molar-refractivity contribution in [3.05, 3.63) is 0 Å². The van der Waals surface area contributed by atoms with Crippen LogP contribution in [-0.4, -0.2) is 33.6 Å². The van der Waals surface area contributed by atoms with Gasteiger partial charge in [-0.05, 0) is 0 Å². The summed E-state index contributed by atoms with van der Waals surface area (Å²) < 4.78 is 13.7. The van der Waals surface area contributed by atoms with Gasteiger partial charge in [0.25, 0.3) is 6.47 Å². The highest BCUT2D eigenvalue weighted by atomic mass is 16.7. The van der Waals surface area contributed by atoms with E-state index < -0.39 is 6.29 Å². The summed E-state index contributed by atoms with van der Waals surface area (Å²) in [7, 11) is 2.95. The van der Waals surface area contributed by atoms with E-state index in [0.717, 1.165) is 0 Å². The Labute approximate surface area is 53.7 Å². The Hall–Kier alpha value is -0.610. The summed E-state index contributed by atoms with van der Waals surface area (Å²) in [4.78, 5) is 9.61. The fourth-order valence-electron chi connectivity index (χ4n) is 0.350. The molecule has 4 heteroatoms. The third-order valence-corrected chi connectivity index (χ3v) is 0.826. The Morgan fingerprint density at radius 3 is 2.33 bits per heavy atom. The van der Waals surface area contributed by atoms with E-state index in [1.165, 1.54) is 14.2 Å². The molecule has 54 valence electrons. The molecule has 0 amide bonds. The molecule has 0 radical (unpaired) electrons. The van der Waals surface area contributed by atoms with Crippen molar-refractivity contribution in [3.63, 3.8) is 0 Å². The molecule has 0 bridgehead atoms. The van der Waals surface area contributed by atoms with Crippen LogP contribution in [0.5, 0.6) is 0 Å². The summed E-state index contributed by atoms with van der Waals surface area (Å²) in [6.45, 7) is 0.488. The van der Waals surface area contributed by atoms with E-state index >= 15 is 0 Å². The Morgan fingerprint density at radius 1 is 1.44 bits per heavy atom. The Kier molecular flexibility index (Phi) is 5.15. The van der Waals surface area contributed by atoms with Gasteiger partial charge in [0.1, 0.15) is 6.61 Å². The van der Waals surface area contributed by atoms with Crippen LogP contribution in [0.1, 0.15) is 0 Å². The van der Waals surface area contributed by atoms with E-state index in [2.05, 4.69) is 4.74 Å². The standard InChI is InChI=1S/C5H10O4/c1-7-5(8-2)3-9-4-6/h4-5H,3H2,1-2H3. The number of carbonyl (C=O) groups excluding carboxylic acids is 1. The molecular weight excluding hydrogens is 124 g/mol. The SMILES string of the molecule is COC(COC=O)OC. The predicted molar refractivity (Wildman–Crippen MR) is 29.8 cm³/mol. The molecule has 9 heavy (non-hydrogen) atoms. The lowest BCUT2D eigenvalue weighted by Gasteiger charge is -2.10. The average Bonchev–Trinajstić information content (AvgIpc) is 1.91. The molecule has 0 heterocycles. The first-order valence-electron chi connectivity index (χ1n) is 2.46. The van der Waals surface area contributed by atoms with Gasteiger partial charge >= 0.3 is 0 Å². The van der Waals surface area contributed by atoms with Gasteiger partial charge in [-0.25, -0.2) is 0 Å². The minimum absolute atomic E-state index is 0.135. The van der Waals surface area contributed by atoms with Crippen LogP contribution in [0, 0.1) is 0 Å².